The quantitative estimate of drug-likeness (QED) is 0.692. The summed E-state index contributed by atoms with van der Waals surface area (Å²) < 4.78 is 0. The van der Waals surface area contributed by atoms with Gasteiger partial charge in [-0.25, -0.2) is 4.79 Å². The highest BCUT2D eigenvalue weighted by molar-refractivity contribution is 5.73. The molecule has 0 fully saturated rings. The van der Waals surface area contributed by atoms with E-state index in [1.165, 1.54) is 6.92 Å². The van der Waals surface area contributed by atoms with Gasteiger partial charge < -0.3 is 15.0 Å². The molecule has 14 heavy (non-hydrogen) atoms. The predicted molar refractivity (Wildman–Crippen MR) is 50.8 cm³/mol. The summed E-state index contributed by atoms with van der Waals surface area (Å²) in [4.78, 5) is 19.1. The molecule has 0 aliphatic carbocycles. The number of carboxylic acids is 1. The Labute approximate surface area is 81.8 Å². The lowest BCUT2D eigenvalue weighted by atomic mass is 10.1. The van der Waals surface area contributed by atoms with E-state index >= 15 is 0 Å². The van der Waals surface area contributed by atoms with Gasteiger partial charge in [0.15, 0.2) is 6.10 Å². The van der Waals surface area contributed by atoms with Crippen LogP contribution < -0.4 is 0 Å². The Morgan fingerprint density at radius 3 is 2.14 bits per heavy atom. The van der Waals surface area contributed by atoms with Crippen molar-refractivity contribution in [1.29, 1.82) is 0 Å². The molecule has 1 atom stereocenters. The Kier molecular flexibility index (Phi) is 5.98. The van der Waals surface area contributed by atoms with Gasteiger partial charge in [-0.3, -0.25) is 0 Å². The zero-order valence-electron chi connectivity index (χ0n) is 7.75. The molecule has 0 aliphatic rings. The lowest BCUT2D eigenvalue weighted by Gasteiger charge is -2.03. The maximum absolute atomic E-state index is 10.2. The van der Waals surface area contributed by atoms with Gasteiger partial charge in [-0.15, -0.1) is 0 Å². The third kappa shape index (κ3) is 4.37. The second-order valence-corrected chi connectivity index (χ2v) is 2.39. The van der Waals surface area contributed by atoms with E-state index in [1.807, 2.05) is 0 Å². The summed E-state index contributed by atoms with van der Waals surface area (Å²) in [5, 5.41) is 17.4. The van der Waals surface area contributed by atoms with Gasteiger partial charge in [0.05, 0.1) is 0 Å². The zero-order chi connectivity index (χ0) is 11.0. The molecule has 0 radical (unpaired) electrons. The minimum atomic E-state index is -1.41. The van der Waals surface area contributed by atoms with Gasteiger partial charge >= 0.3 is 5.97 Å². The number of rotatable bonds is 2. The molecule has 0 spiro atoms. The van der Waals surface area contributed by atoms with E-state index in [0.29, 0.717) is 5.56 Å². The first-order chi connectivity index (χ1) is 6.63. The van der Waals surface area contributed by atoms with Crippen molar-refractivity contribution < 1.29 is 19.8 Å². The lowest BCUT2D eigenvalue weighted by molar-refractivity contribution is -0.146. The van der Waals surface area contributed by atoms with Crippen molar-refractivity contribution in [3.05, 3.63) is 35.9 Å². The Bertz CT molecular complexity index is 281. The molecule has 0 bridgehead atoms. The van der Waals surface area contributed by atoms with E-state index in [-0.39, 0.29) is 0 Å². The fourth-order valence-electron chi connectivity index (χ4n) is 0.778. The molecule has 76 valence electrons. The van der Waals surface area contributed by atoms with E-state index in [1.54, 1.807) is 30.3 Å². The molecule has 0 heterocycles. The van der Waals surface area contributed by atoms with Crippen molar-refractivity contribution in [3.63, 3.8) is 0 Å². The Hall–Kier alpha value is -1.68. The van der Waals surface area contributed by atoms with Crippen LogP contribution in [0.15, 0.2) is 30.3 Å². The van der Waals surface area contributed by atoms with Crippen LogP contribution in [0.4, 0.5) is 0 Å². The van der Waals surface area contributed by atoms with Crippen LogP contribution in [0, 0.1) is 0 Å². The highest BCUT2D eigenvalue weighted by atomic mass is 16.4. The summed E-state index contributed by atoms with van der Waals surface area (Å²) in [6.07, 6.45) is -0.656. The molecule has 1 rings (SSSR count). The van der Waals surface area contributed by atoms with Gasteiger partial charge in [0.2, 0.25) is 0 Å². The molecular weight excluding hydrogens is 184 g/mol. The van der Waals surface area contributed by atoms with Crippen LogP contribution >= 0.6 is 0 Å². The monoisotopic (exact) mass is 196 g/mol. The molecule has 1 unspecified atom stereocenters. The number of benzene rings is 1. The molecule has 0 aliphatic heterocycles. The third-order valence-electron chi connectivity index (χ3n) is 1.35. The van der Waals surface area contributed by atoms with Crippen LogP contribution in [0.3, 0.4) is 0 Å². The summed E-state index contributed by atoms with van der Waals surface area (Å²) in [5.74, 6) is -1.23. The molecule has 4 nitrogen and oxygen atoms in total. The molecule has 0 aromatic heterocycles. The molecule has 2 N–H and O–H groups in total. The third-order valence-corrected chi connectivity index (χ3v) is 1.35. The van der Waals surface area contributed by atoms with Gasteiger partial charge in [0.25, 0.3) is 0 Å². The molecule has 0 saturated heterocycles. The van der Waals surface area contributed by atoms with Crippen LogP contribution in [0.2, 0.25) is 0 Å². The normalized spacial score (nSPS) is 10.7. The number of aliphatic carboxylic acids is 1. The summed E-state index contributed by atoms with van der Waals surface area (Å²) in [6, 6.07) is 8.26. The van der Waals surface area contributed by atoms with Crippen LogP contribution in [0.5, 0.6) is 0 Å². The van der Waals surface area contributed by atoms with Crippen molar-refractivity contribution in [2.45, 2.75) is 13.0 Å². The molecule has 0 amide bonds. The van der Waals surface area contributed by atoms with E-state index < -0.39 is 12.1 Å². The number of carboxylic acid groups (broad SMARTS) is 1. The lowest BCUT2D eigenvalue weighted by Crippen LogP contribution is -2.09. The maximum Gasteiger partial charge on any atom is 0.337 e. The van der Waals surface area contributed by atoms with Crippen molar-refractivity contribution in [3.8, 4) is 0 Å². The van der Waals surface area contributed by atoms with Gasteiger partial charge in [-0.1, -0.05) is 30.3 Å². The average Bonchev–Trinajstić information content (AvgIpc) is 2.19. The van der Waals surface area contributed by atoms with Gasteiger partial charge in [-0.05, 0) is 12.5 Å². The Morgan fingerprint density at radius 1 is 1.36 bits per heavy atom. The van der Waals surface area contributed by atoms with Crippen LogP contribution in [-0.2, 0) is 9.59 Å². The van der Waals surface area contributed by atoms with Crippen molar-refractivity contribution in [1.82, 2.24) is 0 Å². The number of hydrogen-bond acceptors (Lipinski definition) is 3. The maximum atomic E-state index is 10.2. The minimum Gasteiger partial charge on any atom is -0.479 e. The van der Waals surface area contributed by atoms with Gasteiger partial charge in [0.1, 0.15) is 6.29 Å². The topological polar surface area (TPSA) is 74.6 Å². The second-order valence-electron chi connectivity index (χ2n) is 2.39. The van der Waals surface area contributed by atoms with Gasteiger partial charge in [-0.2, -0.15) is 0 Å². The van der Waals surface area contributed by atoms with Crippen molar-refractivity contribution in [2.75, 3.05) is 0 Å². The Morgan fingerprint density at radius 2 is 1.79 bits per heavy atom. The second kappa shape index (κ2) is 6.80. The predicted octanol–water partition coefficient (Wildman–Crippen LogP) is 1.01. The zero-order valence-corrected chi connectivity index (χ0v) is 7.75. The molecule has 0 saturated carbocycles. The molecule has 1 aromatic carbocycles. The van der Waals surface area contributed by atoms with E-state index in [4.69, 9.17) is 15.0 Å². The van der Waals surface area contributed by atoms with Crippen molar-refractivity contribution in [2.24, 2.45) is 0 Å². The fourth-order valence-corrected chi connectivity index (χ4v) is 0.778. The van der Waals surface area contributed by atoms with E-state index in [2.05, 4.69) is 0 Å². The smallest absolute Gasteiger partial charge is 0.337 e. The van der Waals surface area contributed by atoms with Crippen molar-refractivity contribution >= 4 is 12.3 Å². The minimum absolute atomic E-state index is 0.403. The highest BCUT2D eigenvalue weighted by Gasteiger charge is 2.14. The fraction of sp³-hybridized carbons (Fsp3) is 0.200. The summed E-state index contributed by atoms with van der Waals surface area (Å²) >= 11 is 0. The van der Waals surface area contributed by atoms with Crippen LogP contribution in [0.25, 0.3) is 0 Å². The molecular formula is C10H12O4. The number of carbonyl (C=O) groups is 2. The summed E-state index contributed by atoms with van der Waals surface area (Å²) in [5.41, 5.74) is 0.403. The number of hydrogen-bond donors (Lipinski definition) is 2. The number of carbonyl (C=O) groups excluding carboxylic acids is 1. The van der Waals surface area contributed by atoms with E-state index in [0.717, 1.165) is 6.29 Å². The summed E-state index contributed by atoms with van der Waals surface area (Å²) in [6.45, 7) is 1.44. The molecule has 4 heteroatoms. The SMILES string of the molecule is CC=O.O=C(O)C(O)c1ccccc1. The molecule has 1 aromatic rings. The Balaban J connectivity index is 0.000000500. The van der Waals surface area contributed by atoms with E-state index in [9.17, 15) is 4.79 Å². The highest BCUT2D eigenvalue weighted by Crippen LogP contribution is 2.10. The first-order valence-corrected chi connectivity index (χ1v) is 3.99. The number of aliphatic hydroxyl groups excluding tert-OH is 1. The largest absolute Gasteiger partial charge is 0.479 e. The number of aliphatic hydroxyl groups is 1. The first kappa shape index (κ1) is 12.3. The van der Waals surface area contributed by atoms with Gasteiger partial charge in [0, 0.05) is 0 Å². The standard InChI is InChI=1S/C8H8O3.C2H4O/c9-7(8(10)11)6-4-2-1-3-5-6;1-2-3/h1-5,7,9H,(H,10,11);2H,1H3. The summed E-state index contributed by atoms with van der Waals surface area (Å²) in [7, 11) is 0. The number of aldehydes is 1. The van der Waals surface area contributed by atoms with Crippen LogP contribution in [-0.4, -0.2) is 22.5 Å². The average molecular weight is 196 g/mol. The first-order valence-electron chi connectivity index (χ1n) is 3.99. The van der Waals surface area contributed by atoms with Crippen LogP contribution in [0.1, 0.15) is 18.6 Å².